The molecule has 5 rings (SSSR count). The highest BCUT2D eigenvalue weighted by molar-refractivity contribution is 5.97. The number of aryl methyl sites for hydroxylation is 1. The molecule has 8 heteroatoms. The molecule has 2 heterocycles. The highest BCUT2D eigenvalue weighted by atomic mass is 19.1. The molecule has 1 fully saturated rings. The van der Waals surface area contributed by atoms with Gasteiger partial charge in [0.25, 0.3) is 11.5 Å². The van der Waals surface area contributed by atoms with E-state index in [4.69, 9.17) is 4.74 Å². The van der Waals surface area contributed by atoms with Gasteiger partial charge in [-0.05, 0) is 61.2 Å². The van der Waals surface area contributed by atoms with Crippen LogP contribution in [0.15, 0.2) is 76.3 Å². The summed E-state index contributed by atoms with van der Waals surface area (Å²) in [4.78, 5) is 39.9. The summed E-state index contributed by atoms with van der Waals surface area (Å²) in [5.74, 6) is -0.741. The largest absolute Gasteiger partial charge is 0.376 e. The number of aromatic nitrogens is 2. The van der Waals surface area contributed by atoms with Gasteiger partial charge < -0.3 is 10.1 Å². The van der Waals surface area contributed by atoms with Crippen molar-refractivity contribution in [3.8, 4) is 0 Å². The van der Waals surface area contributed by atoms with Gasteiger partial charge in [0.2, 0.25) is 0 Å². The first-order valence-corrected chi connectivity index (χ1v) is 12.4. The Morgan fingerprint density at radius 3 is 2.57 bits per heavy atom. The highest BCUT2D eigenvalue weighted by Gasteiger charge is 2.21. The van der Waals surface area contributed by atoms with Gasteiger partial charge in [-0.15, -0.1) is 0 Å². The fourth-order valence-electron chi connectivity index (χ4n) is 4.67. The second kappa shape index (κ2) is 10.5. The van der Waals surface area contributed by atoms with Crippen LogP contribution in [-0.4, -0.2) is 27.8 Å². The van der Waals surface area contributed by atoms with Crippen LogP contribution in [0, 0.1) is 12.7 Å². The van der Waals surface area contributed by atoms with Crippen molar-refractivity contribution in [1.82, 2.24) is 14.5 Å². The number of amides is 1. The average molecular weight is 502 g/mol. The number of nitrogens with zero attached hydrogens (tertiary/aromatic N) is 2. The van der Waals surface area contributed by atoms with Gasteiger partial charge in [-0.3, -0.25) is 18.7 Å². The van der Waals surface area contributed by atoms with Crippen LogP contribution in [-0.2, 0) is 24.4 Å². The van der Waals surface area contributed by atoms with Crippen molar-refractivity contribution in [1.29, 1.82) is 0 Å². The Kier molecular flexibility index (Phi) is 7.01. The van der Waals surface area contributed by atoms with Crippen LogP contribution >= 0.6 is 0 Å². The Morgan fingerprint density at radius 2 is 1.84 bits per heavy atom. The predicted molar refractivity (Wildman–Crippen MR) is 139 cm³/mol. The zero-order valence-electron chi connectivity index (χ0n) is 20.6. The summed E-state index contributed by atoms with van der Waals surface area (Å²) in [7, 11) is 0. The second-order valence-corrected chi connectivity index (χ2v) is 9.45. The number of ether oxygens (including phenoxy) is 1. The molecule has 3 aromatic carbocycles. The van der Waals surface area contributed by atoms with Crippen LogP contribution in [0.4, 0.5) is 4.39 Å². The molecule has 0 saturated carbocycles. The fraction of sp³-hybridized carbons (Fsp3) is 0.276. The molecule has 7 nitrogen and oxygen atoms in total. The molecule has 0 unspecified atom stereocenters. The Hall–Kier alpha value is -4.04. The van der Waals surface area contributed by atoms with Crippen LogP contribution in [0.5, 0.6) is 0 Å². The summed E-state index contributed by atoms with van der Waals surface area (Å²) < 4.78 is 22.2. The number of carbonyl (C=O) groups is 1. The summed E-state index contributed by atoms with van der Waals surface area (Å²) in [5.41, 5.74) is 2.35. The van der Waals surface area contributed by atoms with Crippen molar-refractivity contribution in [2.45, 2.75) is 45.5 Å². The molecule has 1 amide bonds. The molecule has 1 atom stereocenters. The van der Waals surface area contributed by atoms with E-state index in [-0.39, 0.29) is 25.1 Å². The normalized spacial score (nSPS) is 15.2. The van der Waals surface area contributed by atoms with Crippen molar-refractivity contribution >= 4 is 16.8 Å². The van der Waals surface area contributed by atoms with Crippen molar-refractivity contribution < 1.29 is 13.9 Å². The van der Waals surface area contributed by atoms with Crippen molar-refractivity contribution in [3.63, 3.8) is 0 Å². The van der Waals surface area contributed by atoms with Gasteiger partial charge in [-0.25, -0.2) is 9.18 Å². The number of halogens is 1. The highest BCUT2D eigenvalue weighted by Crippen LogP contribution is 2.17. The van der Waals surface area contributed by atoms with E-state index in [1.165, 1.54) is 21.3 Å². The molecule has 0 aliphatic carbocycles. The van der Waals surface area contributed by atoms with Crippen LogP contribution < -0.4 is 16.6 Å². The summed E-state index contributed by atoms with van der Waals surface area (Å²) in [6.45, 7) is 3.14. The van der Waals surface area contributed by atoms with Crippen molar-refractivity contribution in [2.75, 3.05) is 6.61 Å². The molecular formula is C29H28FN3O4. The Balaban J connectivity index is 1.54. The molecule has 0 spiro atoms. The molecule has 0 radical (unpaired) electrons. The standard InChI is InChI=1S/C29H28FN3O4/c1-19-7-9-20(10-8-19)16-31-27(34)22-11-12-25-26(15-22)32(17-21-4-2-5-23(30)14-21)29(36)33(28(25)35)18-24-6-3-13-37-24/h2,4-5,7-12,14-15,24H,3,6,13,16-18H2,1H3,(H,31,34)/t24-/m1/s1. The van der Waals surface area contributed by atoms with E-state index >= 15 is 0 Å². The molecule has 1 N–H and O–H groups in total. The molecular weight excluding hydrogens is 473 g/mol. The third kappa shape index (κ3) is 5.39. The number of fused-ring (bicyclic) bond motifs is 1. The number of hydrogen-bond acceptors (Lipinski definition) is 4. The predicted octanol–water partition coefficient (Wildman–Crippen LogP) is 3.77. The van der Waals surface area contributed by atoms with Gasteiger partial charge >= 0.3 is 5.69 Å². The van der Waals surface area contributed by atoms with E-state index in [0.29, 0.717) is 35.2 Å². The molecule has 37 heavy (non-hydrogen) atoms. The Labute approximate surface area is 213 Å². The maximum atomic E-state index is 13.9. The zero-order valence-corrected chi connectivity index (χ0v) is 20.6. The number of hydrogen-bond donors (Lipinski definition) is 1. The van der Waals surface area contributed by atoms with Crippen LogP contribution in [0.2, 0.25) is 0 Å². The summed E-state index contributed by atoms with van der Waals surface area (Å²) >= 11 is 0. The van der Waals surface area contributed by atoms with Gasteiger partial charge in [-0.2, -0.15) is 0 Å². The lowest BCUT2D eigenvalue weighted by Crippen LogP contribution is -2.42. The van der Waals surface area contributed by atoms with Crippen molar-refractivity contribution in [2.24, 2.45) is 0 Å². The lowest BCUT2D eigenvalue weighted by atomic mass is 10.1. The Bertz CT molecular complexity index is 1570. The van der Waals surface area contributed by atoms with E-state index in [1.807, 2.05) is 31.2 Å². The maximum absolute atomic E-state index is 13.9. The van der Waals surface area contributed by atoms with E-state index in [0.717, 1.165) is 24.0 Å². The van der Waals surface area contributed by atoms with Crippen LogP contribution in [0.1, 0.15) is 39.9 Å². The third-order valence-corrected chi connectivity index (χ3v) is 6.70. The molecule has 1 saturated heterocycles. The van der Waals surface area contributed by atoms with Gasteiger partial charge in [0.1, 0.15) is 5.82 Å². The quantitative estimate of drug-likeness (QED) is 0.418. The van der Waals surface area contributed by atoms with Gasteiger partial charge in [0, 0.05) is 18.7 Å². The van der Waals surface area contributed by atoms with E-state index in [9.17, 15) is 18.8 Å². The lowest BCUT2D eigenvalue weighted by Gasteiger charge is -2.17. The number of rotatable bonds is 7. The van der Waals surface area contributed by atoms with Crippen LogP contribution in [0.25, 0.3) is 10.9 Å². The van der Waals surface area contributed by atoms with E-state index < -0.39 is 17.1 Å². The number of carbonyl (C=O) groups excluding carboxylic acids is 1. The molecule has 190 valence electrons. The monoisotopic (exact) mass is 501 g/mol. The maximum Gasteiger partial charge on any atom is 0.331 e. The number of benzene rings is 3. The van der Waals surface area contributed by atoms with Gasteiger partial charge in [0.15, 0.2) is 0 Å². The summed E-state index contributed by atoms with van der Waals surface area (Å²) in [5, 5.41) is 3.20. The smallest absolute Gasteiger partial charge is 0.331 e. The third-order valence-electron chi connectivity index (χ3n) is 6.70. The van der Waals surface area contributed by atoms with Gasteiger partial charge in [-0.1, -0.05) is 42.0 Å². The summed E-state index contributed by atoms with van der Waals surface area (Å²) in [6, 6.07) is 18.5. The van der Waals surface area contributed by atoms with E-state index in [2.05, 4.69) is 5.32 Å². The lowest BCUT2D eigenvalue weighted by molar-refractivity contribution is 0.0947. The first-order valence-electron chi connectivity index (χ1n) is 12.4. The minimum absolute atomic E-state index is 0.0489. The fourth-order valence-corrected chi connectivity index (χ4v) is 4.67. The first kappa shape index (κ1) is 24.6. The van der Waals surface area contributed by atoms with E-state index in [1.54, 1.807) is 30.3 Å². The molecule has 4 aromatic rings. The minimum Gasteiger partial charge on any atom is -0.376 e. The van der Waals surface area contributed by atoms with Gasteiger partial charge in [0.05, 0.1) is 30.1 Å². The second-order valence-electron chi connectivity index (χ2n) is 9.45. The summed E-state index contributed by atoms with van der Waals surface area (Å²) in [6.07, 6.45) is 1.44. The molecule has 1 aliphatic rings. The molecule has 1 aromatic heterocycles. The Morgan fingerprint density at radius 1 is 1.03 bits per heavy atom. The van der Waals surface area contributed by atoms with Crippen molar-refractivity contribution in [3.05, 3.63) is 116 Å². The minimum atomic E-state index is -0.519. The molecule has 1 aliphatic heterocycles. The number of nitrogens with one attached hydrogen (secondary N) is 1. The average Bonchev–Trinajstić information content (AvgIpc) is 3.41. The van der Waals surface area contributed by atoms with Crippen LogP contribution in [0.3, 0.4) is 0 Å². The molecule has 0 bridgehead atoms. The SMILES string of the molecule is Cc1ccc(CNC(=O)c2ccc3c(=O)n(C[C@H]4CCCO4)c(=O)n(Cc4cccc(F)c4)c3c2)cc1. The zero-order chi connectivity index (χ0) is 25.9. The first-order chi connectivity index (χ1) is 17.9. The topological polar surface area (TPSA) is 82.3 Å².